The summed E-state index contributed by atoms with van der Waals surface area (Å²) in [5.41, 5.74) is 1.63. The molecule has 0 radical (unpaired) electrons. The number of aromatic nitrogens is 6. The summed E-state index contributed by atoms with van der Waals surface area (Å²) in [6.45, 7) is 0.584. The molecule has 7 nitrogen and oxygen atoms in total. The predicted molar refractivity (Wildman–Crippen MR) is 93.5 cm³/mol. The highest BCUT2D eigenvalue weighted by atomic mass is 35.5. The van der Waals surface area contributed by atoms with Crippen LogP contribution in [0.1, 0.15) is 30.7 Å². The van der Waals surface area contributed by atoms with Gasteiger partial charge in [-0.2, -0.15) is 15.4 Å². The highest BCUT2D eigenvalue weighted by Gasteiger charge is 2.23. The molecule has 0 bridgehead atoms. The minimum Gasteiger partial charge on any atom is -0.497 e. The number of benzene rings is 1. The monoisotopic (exact) mass is 358 g/mol. The molecule has 1 saturated carbocycles. The summed E-state index contributed by atoms with van der Waals surface area (Å²) < 4.78 is 7.06. The standard InChI is InChI=1S/C17H19ClN6O/c1-25-13-7-5-12(6-8-13)10-24-17(15-16(18)21-23-20-15)19-14(22-24)9-11-3-2-4-11/h5-8,11H,2-4,9-10H2,1H3,(H,20,21,23). The number of hydrogen-bond donors (Lipinski definition) is 1. The lowest BCUT2D eigenvalue weighted by Gasteiger charge is -2.23. The molecule has 0 unspecified atom stereocenters. The van der Waals surface area contributed by atoms with Crippen molar-refractivity contribution in [2.45, 2.75) is 32.2 Å². The minimum atomic E-state index is 0.304. The molecule has 1 fully saturated rings. The number of H-pyrrole nitrogens is 1. The van der Waals surface area contributed by atoms with E-state index in [1.807, 2.05) is 28.9 Å². The maximum Gasteiger partial charge on any atom is 0.182 e. The lowest BCUT2D eigenvalue weighted by atomic mass is 9.83. The number of nitrogens with one attached hydrogen (secondary N) is 1. The smallest absolute Gasteiger partial charge is 0.182 e. The third kappa shape index (κ3) is 3.37. The van der Waals surface area contributed by atoms with Crippen molar-refractivity contribution < 1.29 is 4.74 Å². The summed E-state index contributed by atoms with van der Waals surface area (Å²) in [4.78, 5) is 4.69. The third-order valence-corrected chi connectivity index (χ3v) is 4.88. The number of ether oxygens (including phenoxy) is 1. The Hall–Kier alpha value is -2.41. The largest absolute Gasteiger partial charge is 0.497 e. The van der Waals surface area contributed by atoms with Crippen LogP contribution < -0.4 is 4.74 Å². The van der Waals surface area contributed by atoms with Crippen molar-refractivity contribution in [3.63, 3.8) is 0 Å². The highest BCUT2D eigenvalue weighted by molar-refractivity contribution is 6.31. The molecule has 1 N–H and O–H groups in total. The van der Waals surface area contributed by atoms with Crippen LogP contribution in [0.2, 0.25) is 5.15 Å². The first kappa shape index (κ1) is 16.1. The van der Waals surface area contributed by atoms with Gasteiger partial charge in [0.1, 0.15) is 5.75 Å². The van der Waals surface area contributed by atoms with Gasteiger partial charge in [-0.25, -0.2) is 9.67 Å². The van der Waals surface area contributed by atoms with E-state index in [0.717, 1.165) is 23.6 Å². The van der Waals surface area contributed by atoms with Gasteiger partial charge in [0.25, 0.3) is 0 Å². The van der Waals surface area contributed by atoms with E-state index < -0.39 is 0 Å². The first-order chi connectivity index (χ1) is 12.2. The second kappa shape index (κ2) is 6.84. The minimum absolute atomic E-state index is 0.304. The van der Waals surface area contributed by atoms with E-state index in [1.165, 1.54) is 19.3 Å². The zero-order valence-corrected chi connectivity index (χ0v) is 14.7. The normalized spacial score (nSPS) is 14.5. The molecule has 1 aromatic carbocycles. The van der Waals surface area contributed by atoms with Gasteiger partial charge in [-0.05, 0) is 23.6 Å². The van der Waals surface area contributed by atoms with E-state index in [9.17, 15) is 0 Å². The summed E-state index contributed by atoms with van der Waals surface area (Å²) in [6, 6.07) is 7.90. The molecule has 0 amide bonds. The molecule has 0 atom stereocenters. The number of nitrogens with zero attached hydrogens (tertiary/aromatic N) is 5. The molecule has 130 valence electrons. The van der Waals surface area contributed by atoms with Gasteiger partial charge in [-0.3, -0.25) is 0 Å². The number of rotatable bonds is 6. The fraction of sp³-hybridized carbons (Fsp3) is 0.412. The van der Waals surface area contributed by atoms with E-state index in [-0.39, 0.29) is 0 Å². The molecule has 3 aromatic rings. The van der Waals surface area contributed by atoms with E-state index in [4.69, 9.17) is 21.4 Å². The number of halogens is 1. The maximum absolute atomic E-state index is 6.14. The summed E-state index contributed by atoms with van der Waals surface area (Å²) >= 11 is 6.14. The van der Waals surface area contributed by atoms with Gasteiger partial charge in [0, 0.05) is 6.42 Å². The van der Waals surface area contributed by atoms with Crippen LogP contribution in [-0.4, -0.2) is 37.3 Å². The van der Waals surface area contributed by atoms with Crippen molar-refractivity contribution >= 4 is 11.6 Å². The Bertz CT molecular complexity index is 852. The molecule has 2 aromatic heterocycles. The second-order valence-corrected chi connectivity index (χ2v) is 6.68. The molecule has 0 aliphatic heterocycles. The van der Waals surface area contributed by atoms with Gasteiger partial charge in [0.15, 0.2) is 22.5 Å². The second-order valence-electron chi connectivity index (χ2n) is 6.32. The SMILES string of the molecule is COc1ccc(Cn2nc(CC3CCC3)nc2-c2n[nH]nc2Cl)cc1. The van der Waals surface area contributed by atoms with E-state index in [1.54, 1.807) is 7.11 Å². The molecule has 8 heteroatoms. The van der Waals surface area contributed by atoms with Crippen LogP contribution in [0.4, 0.5) is 0 Å². The predicted octanol–water partition coefficient (Wildman–Crippen LogP) is 3.12. The van der Waals surface area contributed by atoms with Gasteiger partial charge in [-0.1, -0.05) is 43.0 Å². The number of aromatic amines is 1. The molecular formula is C17H19ClN6O. The Morgan fingerprint density at radius 3 is 2.64 bits per heavy atom. The average molecular weight is 359 g/mol. The maximum atomic E-state index is 6.14. The first-order valence-corrected chi connectivity index (χ1v) is 8.74. The van der Waals surface area contributed by atoms with Crippen molar-refractivity contribution in [1.82, 2.24) is 30.2 Å². The lowest BCUT2D eigenvalue weighted by Crippen LogP contribution is -2.14. The summed E-state index contributed by atoms with van der Waals surface area (Å²) in [5, 5.41) is 15.6. The van der Waals surface area contributed by atoms with Gasteiger partial charge < -0.3 is 4.74 Å². The van der Waals surface area contributed by atoms with Crippen LogP contribution in [-0.2, 0) is 13.0 Å². The molecule has 0 saturated heterocycles. The summed E-state index contributed by atoms with van der Waals surface area (Å²) in [7, 11) is 1.66. The average Bonchev–Trinajstić information content (AvgIpc) is 3.17. The Kier molecular flexibility index (Phi) is 4.40. The van der Waals surface area contributed by atoms with E-state index in [2.05, 4.69) is 20.4 Å². The molecule has 1 aliphatic carbocycles. The zero-order valence-electron chi connectivity index (χ0n) is 13.9. The summed E-state index contributed by atoms with van der Waals surface area (Å²) in [5.74, 6) is 3.00. The fourth-order valence-corrected chi connectivity index (χ4v) is 3.14. The van der Waals surface area contributed by atoms with Gasteiger partial charge >= 0.3 is 0 Å². The van der Waals surface area contributed by atoms with Gasteiger partial charge in [-0.15, -0.1) is 5.10 Å². The van der Waals surface area contributed by atoms with Crippen LogP contribution in [0.15, 0.2) is 24.3 Å². The van der Waals surface area contributed by atoms with Crippen molar-refractivity contribution in [1.29, 1.82) is 0 Å². The highest BCUT2D eigenvalue weighted by Crippen LogP contribution is 2.30. The van der Waals surface area contributed by atoms with Crippen LogP contribution in [0.5, 0.6) is 5.75 Å². The van der Waals surface area contributed by atoms with E-state index in [0.29, 0.717) is 29.1 Å². The molecule has 25 heavy (non-hydrogen) atoms. The quantitative estimate of drug-likeness (QED) is 0.732. The molecule has 4 rings (SSSR count). The Morgan fingerprint density at radius 2 is 2.04 bits per heavy atom. The Morgan fingerprint density at radius 1 is 1.24 bits per heavy atom. The van der Waals surface area contributed by atoms with Crippen molar-refractivity contribution in [2.24, 2.45) is 5.92 Å². The van der Waals surface area contributed by atoms with Gasteiger partial charge in [0.05, 0.1) is 13.7 Å². The summed E-state index contributed by atoms with van der Waals surface area (Å²) in [6.07, 6.45) is 4.72. The Balaban J connectivity index is 1.64. The number of methoxy groups -OCH3 is 1. The first-order valence-electron chi connectivity index (χ1n) is 8.36. The van der Waals surface area contributed by atoms with Crippen molar-refractivity contribution in [3.8, 4) is 17.3 Å². The topological polar surface area (TPSA) is 81.5 Å². The van der Waals surface area contributed by atoms with Crippen molar-refractivity contribution in [3.05, 3.63) is 40.8 Å². The van der Waals surface area contributed by atoms with E-state index >= 15 is 0 Å². The van der Waals surface area contributed by atoms with Crippen LogP contribution in [0.25, 0.3) is 11.5 Å². The zero-order chi connectivity index (χ0) is 17.2. The molecule has 1 aliphatic rings. The third-order valence-electron chi connectivity index (χ3n) is 4.62. The van der Waals surface area contributed by atoms with Crippen molar-refractivity contribution in [2.75, 3.05) is 7.11 Å². The lowest BCUT2D eigenvalue weighted by molar-refractivity contribution is 0.309. The Labute approximate surface area is 150 Å². The van der Waals surface area contributed by atoms with Crippen LogP contribution >= 0.6 is 11.6 Å². The van der Waals surface area contributed by atoms with Crippen LogP contribution in [0, 0.1) is 5.92 Å². The fourth-order valence-electron chi connectivity index (χ4n) is 2.98. The number of hydrogen-bond acceptors (Lipinski definition) is 5. The van der Waals surface area contributed by atoms with Crippen LogP contribution in [0.3, 0.4) is 0 Å². The van der Waals surface area contributed by atoms with Gasteiger partial charge in [0.2, 0.25) is 0 Å². The molecule has 2 heterocycles. The molecule has 0 spiro atoms. The molecular weight excluding hydrogens is 340 g/mol.